The van der Waals surface area contributed by atoms with Gasteiger partial charge in [0.15, 0.2) is 0 Å². The van der Waals surface area contributed by atoms with Crippen LogP contribution in [0.5, 0.6) is 0 Å². The van der Waals surface area contributed by atoms with Crippen LogP contribution in [0.2, 0.25) is 0 Å². The van der Waals surface area contributed by atoms with Gasteiger partial charge in [0, 0.05) is 48.9 Å². The SMILES string of the molecule is Cc1cc(-n2nc3c(c2-n2ccn(-c4ccc5c(cnn5C)c4)c2=O)[C@@H]2CC[C@H](C3)N2)cc(C)c1F. The molecular formula is C27H26FN7O. The van der Waals surface area contributed by atoms with Gasteiger partial charge < -0.3 is 5.32 Å². The maximum atomic E-state index is 14.5. The van der Waals surface area contributed by atoms with Crippen molar-refractivity contribution in [3.63, 3.8) is 0 Å². The first-order chi connectivity index (χ1) is 17.4. The summed E-state index contributed by atoms with van der Waals surface area (Å²) in [6.07, 6.45) is 8.30. The van der Waals surface area contributed by atoms with Gasteiger partial charge in [-0.05, 0) is 68.1 Å². The van der Waals surface area contributed by atoms with Crippen LogP contribution in [-0.4, -0.2) is 34.7 Å². The molecule has 2 aliphatic heterocycles. The van der Waals surface area contributed by atoms with E-state index in [9.17, 15) is 9.18 Å². The molecule has 2 bridgehead atoms. The number of fused-ring (bicyclic) bond motifs is 5. The highest BCUT2D eigenvalue weighted by molar-refractivity contribution is 5.80. The molecule has 1 saturated heterocycles. The first kappa shape index (κ1) is 21.3. The summed E-state index contributed by atoms with van der Waals surface area (Å²) in [6, 6.07) is 10.0. The Morgan fingerprint density at radius 1 is 1.03 bits per heavy atom. The topological polar surface area (TPSA) is 74.6 Å². The number of nitrogens with zero attached hydrogens (tertiary/aromatic N) is 6. The van der Waals surface area contributed by atoms with E-state index in [1.807, 2.05) is 34.6 Å². The van der Waals surface area contributed by atoms with Crippen molar-refractivity contribution in [3.8, 4) is 17.2 Å². The van der Waals surface area contributed by atoms with Crippen LogP contribution in [0, 0.1) is 19.7 Å². The summed E-state index contributed by atoms with van der Waals surface area (Å²) in [7, 11) is 1.90. The molecule has 8 nitrogen and oxygen atoms in total. The molecular weight excluding hydrogens is 457 g/mol. The summed E-state index contributed by atoms with van der Waals surface area (Å²) in [6.45, 7) is 3.52. The van der Waals surface area contributed by atoms with Gasteiger partial charge in [0.05, 0.1) is 28.8 Å². The van der Waals surface area contributed by atoms with Gasteiger partial charge in [-0.3, -0.25) is 13.8 Å². The number of hydrogen-bond acceptors (Lipinski definition) is 4. The molecule has 0 radical (unpaired) electrons. The molecule has 5 heterocycles. The maximum Gasteiger partial charge on any atom is 0.338 e. The van der Waals surface area contributed by atoms with Crippen LogP contribution in [0.1, 0.15) is 41.3 Å². The number of hydrogen-bond donors (Lipinski definition) is 1. The summed E-state index contributed by atoms with van der Waals surface area (Å²) in [5.41, 5.74) is 5.52. The van der Waals surface area contributed by atoms with Gasteiger partial charge in [0.2, 0.25) is 0 Å². The zero-order chi connectivity index (χ0) is 24.7. The molecule has 9 heteroatoms. The Labute approximate surface area is 206 Å². The Morgan fingerprint density at radius 3 is 2.61 bits per heavy atom. The molecule has 7 rings (SSSR count). The van der Waals surface area contributed by atoms with Crippen molar-refractivity contribution in [2.45, 2.75) is 45.2 Å². The quantitative estimate of drug-likeness (QED) is 0.424. The minimum atomic E-state index is -0.216. The molecule has 3 aromatic heterocycles. The molecule has 36 heavy (non-hydrogen) atoms. The van der Waals surface area contributed by atoms with E-state index in [2.05, 4.69) is 10.4 Å². The Hall–Kier alpha value is -3.98. The van der Waals surface area contributed by atoms with E-state index >= 15 is 0 Å². The Bertz CT molecular complexity index is 1710. The summed E-state index contributed by atoms with van der Waals surface area (Å²) in [5, 5.41) is 14.0. The summed E-state index contributed by atoms with van der Waals surface area (Å²) in [4.78, 5) is 13.9. The highest BCUT2D eigenvalue weighted by Gasteiger charge is 2.38. The summed E-state index contributed by atoms with van der Waals surface area (Å²) >= 11 is 0. The van der Waals surface area contributed by atoms with Crippen LogP contribution in [0.4, 0.5) is 4.39 Å². The average Bonchev–Trinajstić information content (AvgIpc) is 3.62. The van der Waals surface area contributed by atoms with E-state index in [4.69, 9.17) is 5.10 Å². The highest BCUT2D eigenvalue weighted by atomic mass is 19.1. The van der Waals surface area contributed by atoms with Crippen molar-refractivity contribution in [1.29, 1.82) is 0 Å². The van der Waals surface area contributed by atoms with Crippen molar-refractivity contribution in [1.82, 2.24) is 34.0 Å². The van der Waals surface area contributed by atoms with Crippen LogP contribution in [0.15, 0.2) is 53.7 Å². The van der Waals surface area contributed by atoms with Crippen molar-refractivity contribution in [2.75, 3.05) is 0 Å². The molecule has 0 spiro atoms. The lowest BCUT2D eigenvalue weighted by molar-refractivity contribution is 0.509. The maximum absolute atomic E-state index is 14.5. The molecule has 1 fully saturated rings. The van der Waals surface area contributed by atoms with Gasteiger partial charge in [-0.15, -0.1) is 0 Å². The van der Waals surface area contributed by atoms with Crippen LogP contribution in [0.25, 0.3) is 28.1 Å². The van der Waals surface area contributed by atoms with E-state index in [1.165, 1.54) is 0 Å². The standard InChI is InChI=1S/C27H26FN7O/c1-15-10-20(11-16(2)25(15)28)35-26(24-21-6-4-18(30-21)13-22(24)31-35)34-9-8-33(27(34)36)19-5-7-23-17(12-19)14-29-32(23)3/h5,7-12,14,18,21,30H,4,6,13H2,1-3H3/t18-,21+/m1/s1. The lowest BCUT2D eigenvalue weighted by atomic mass is 10.0. The van der Waals surface area contributed by atoms with E-state index in [1.54, 1.807) is 53.7 Å². The number of rotatable bonds is 3. The van der Waals surface area contributed by atoms with E-state index in [0.717, 1.165) is 58.6 Å². The van der Waals surface area contributed by atoms with Gasteiger partial charge in [-0.1, -0.05) is 0 Å². The third-order valence-corrected chi connectivity index (χ3v) is 7.68. The third kappa shape index (κ3) is 2.99. The summed E-state index contributed by atoms with van der Waals surface area (Å²) < 4.78 is 21.4. The van der Waals surface area contributed by atoms with Crippen LogP contribution >= 0.6 is 0 Å². The number of aryl methyl sites for hydroxylation is 3. The smallest absolute Gasteiger partial charge is 0.307 e. The van der Waals surface area contributed by atoms with Crippen molar-refractivity contribution in [3.05, 3.63) is 87.6 Å². The highest BCUT2D eigenvalue weighted by Crippen LogP contribution is 2.40. The monoisotopic (exact) mass is 483 g/mol. The minimum Gasteiger partial charge on any atom is -0.307 e. The number of nitrogens with one attached hydrogen (secondary N) is 1. The summed E-state index contributed by atoms with van der Waals surface area (Å²) in [5.74, 6) is 0.506. The van der Waals surface area contributed by atoms with Gasteiger partial charge in [-0.2, -0.15) is 10.2 Å². The van der Waals surface area contributed by atoms with Gasteiger partial charge >= 0.3 is 5.69 Å². The molecule has 0 saturated carbocycles. The molecule has 0 aliphatic carbocycles. The molecule has 2 aliphatic rings. The normalized spacial score (nSPS) is 18.8. The first-order valence-corrected chi connectivity index (χ1v) is 12.3. The molecule has 182 valence electrons. The van der Waals surface area contributed by atoms with Crippen molar-refractivity contribution >= 4 is 10.9 Å². The molecule has 2 aromatic carbocycles. The van der Waals surface area contributed by atoms with Crippen LogP contribution < -0.4 is 11.0 Å². The zero-order valence-electron chi connectivity index (χ0n) is 20.4. The van der Waals surface area contributed by atoms with E-state index in [-0.39, 0.29) is 17.5 Å². The van der Waals surface area contributed by atoms with Crippen molar-refractivity contribution < 1.29 is 4.39 Å². The minimum absolute atomic E-state index is 0.145. The fraction of sp³-hybridized carbons (Fsp3) is 0.296. The average molecular weight is 484 g/mol. The lowest BCUT2D eigenvalue weighted by Crippen LogP contribution is -2.32. The predicted octanol–water partition coefficient (Wildman–Crippen LogP) is 3.81. The Balaban J connectivity index is 1.44. The number of halogens is 1. The predicted molar refractivity (Wildman–Crippen MR) is 135 cm³/mol. The van der Waals surface area contributed by atoms with E-state index in [0.29, 0.717) is 17.2 Å². The largest absolute Gasteiger partial charge is 0.338 e. The number of aromatic nitrogens is 6. The fourth-order valence-electron chi connectivity index (χ4n) is 5.91. The van der Waals surface area contributed by atoms with Crippen molar-refractivity contribution in [2.24, 2.45) is 7.05 Å². The molecule has 1 N–H and O–H groups in total. The van der Waals surface area contributed by atoms with Crippen LogP contribution in [0.3, 0.4) is 0 Å². The van der Waals surface area contributed by atoms with Gasteiger partial charge in [-0.25, -0.2) is 13.9 Å². The number of benzene rings is 2. The number of imidazole rings is 1. The second-order valence-corrected chi connectivity index (χ2v) is 10.0. The second-order valence-electron chi connectivity index (χ2n) is 10.0. The molecule has 0 unspecified atom stereocenters. The Morgan fingerprint density at radius 2 is 1.81 bits per heavy atom. The third-order valence-electron chi connectivity index (χ3n) is 7.68. The van der Waals surface area contributed by atoms with Gasteiger partial charge in [0.25, 0.3) is 0 Å². The molecule has 2 atom stereocenters. The van der Waals surface area contributed by atoms with Crippen LogP contribution in [-0.2, 0) is 13.5 Å². The van der Waals surface area contributed by atoms with E-state index < -0.39 is 0 Å². The molecule has 5 aromatic rings. The first-order valence-electron chi connectivity index (χ1n) is 12.3. The Kier molecular flexibility index (Phi) is 4.45. The zero-order valence-corrected chi connectivity index (χ0v) is 20.4. The fourth-order valence-corrected chi connectivity index (χ4v) is 5.91. The van der Waals surface area contributed by atoms with Gasteiger partial charge in [0.1, 0.15) is 11.6 Å². The second kappa shape index (κ2) is 7.51. The lowest BCUT2D eigenvalue weighted by Gasteiger charge is -2.21. The molecule has 0 amide bonds.